The highest BCUT2D eigenvalue weighted by Crippen LogP contribution is 2.54. The Bertz CT molecular complexity index is 3390. The largest absolute Gasteiger partial charge is 0.304 e. The Hall–Kier alpha value is -7.20. The quantitative estimate of drug-likeness (QED) is 0.171. The molecule has 0 saturated heterocycles. The molecule has 61 heavy (non-hydrogen) atoms. The highest BCUT2D eigenvalue weighted by molar-refractivity contribution is 6.09. The minimum Gasteiger partial charge on any atom is -0.304 e. The van der Waals surface area contributed by atoms with Crippen molar-refractivity contribution in [3.05, 3.63) is 150 Å². The van der Waals surface area contributed by atoms with Crippen molar-refractivity contribution in [2.75, 3.05) is 4.90 Å². The number of allylic oxidation sites excluding steroid dienone is 4. The zero-order valence-corrected chi connectivity index (χ0v) is 35.3. The summed E-state index contributed by atoms with van der Waals surface area (Å²) in [5, 5.41) is 29.9. The van der Waals surface area contributed by atoms with E-state index in [1.165, 1.54) is 33.4 Å². The summed E-state index contributed by atoms with van der Waals surface area (Å²) in [4.78, 5) is 7.18. The predicted molar refractivity (Wildman–Crippen MR) is 243 cm³/mol. The van der Waals surface area contributed by atoms with E-state index in [1.807, 2.05) is 33.3 Å². The van der Waals surface area contributed by atoms with Crippen LogP contribution in [0.5, 0.6) is 0 Å². The molecule has 2 atom stereocenters. The molecule has 6 aromatic carbocycles. The van der Waals surface area contributed by atoms with E-state index in [2.05, 4.69) is 148 Å². The van der Waals surface area contributed by atoms with Crippen molar-refractivity contribution in [2.45, 2.75) is 44.4 Å². The van der Waals surface area contributed by atoms with Crippen LogP contribution < -0.4 is 4.90 Å². The molecule has 3 aliphatic rings. The van der Waals surface area contributed by atoms with E-state index < -0.39 is 0 Å². The van der Waals surface area contributed by atoms with Crippen LogP contribution in [0.4, 0.5) is 17.1 Å². The molecule has 2 unspecified atom stereocenters. The third-order valence-electron chi connectivity index (χ3n) is 13.7. The van der Waals surface area contributed by atoms with Crippen LogP contribution in [0.1, 0.15) is 55.9 Å². The molecule has 298 valence electrons. The number of hydrogen-bond acceptors (Lipinski definition) is 7. The Kier molecular flexibility index (Phi) is 7.27. The Morgan fingerprint density at radius 3 is 1.77 bits per heavy atom. The molecule has 0 aliphatic heterocycles. The lowest BCUT2D eigenvalue weighted by molar-refractivity contribution is 0.394. The molecule has 3 aromatic heterocycles. The fourth-order valence-electron chi connectivity index (χ4n) is 10.8. The normalized spacial score (nSPS) is 17.9. The van der Waals surface area contributed by atoms with Crippen molar-refractivity contribution >= 4 is 50.2 Å². The van der Waals surface area contributed by atoms with Gasteiger partial charge in [0.05, 0.1) is 17.1 Å². The average molecular weight is 797 g/mol. The Balaban J connectivity index is 1.06. The summed E-state index contributed by atoms with van der Waals surface area (Å²) in [5.74, 6) is 0.765. The Morgan fingerprint density at radius 1 is 0.475 bits per heavy atom. The smallest absolute Gasteiger partial charge is 0.137 e. The highest BCUT2D eigenvalue weighted by atomic mass is 15.5. The van der Waals surface area contributed by atoms with E-state index >= 15 is 0 Å². The summed E-state index contributed by atoms with van der Waals surface area (Å²) in [6.45, 7) is 9.36. The second kappa shape index (κ2) is 12.4. The lowest BCUT2D eigenvalue weighted by Crippen LogP contribution is -2.24. The van der Waals surface area contributed by atoms with E-state index in [-0.39, 0.29) is 10.8 Å². The van der Waals surface area contributed by atoms with Crippen molar-refractivity contribution < 1.29 is 0 Å². The average Bonchev–Trinajstić information content (AvgIpc) is 4.05. The first-order valence-electron chi connectivity index (χ1n) is 21.0. The number of nitrogens with zero attached hydrogens (tertiary/aromatic N) is 10. The van der Waals surface area contributed by atoms with Gasteiger partial charge in [0.2, 0.25) is 0 Å². The molecule has 10 nitrogen and oxygen atoms in total. The van der Waals surface area contributed by atoms with E-state index in [9.17, 15) is 0 Å². The number of rotatable bonds is 5. The molecular formula is C51H44N10. The topological polar surface area (TPSA) is 95.4 Å². The SMILES string of the molecule is Cn1nc2cccc(N(c3ccc(-c4ccc5c(c4)-c4ccccc4C5(C)C)c4nn(C)nc34)c3ccc(-c4ccc5c(c4)C4C=CC=CC4C5(C)C)c4nn(C)nc34)c2n1. The fourth-order valence-corrected chi connectivity index (χ4v) is 10.8. The molecule has 0 amide bonds. The fraction of sp³-hybridized carbons (Fsp3) is 0.216. The van der Waals surface area contributed by atoms with Gasteiger partial charge in [0.25, 0.3) is 0 Å². The summed E-state index contributed by atoms with van der Waals surface area (Å²) in [5.41, 5.74) is 19.5. The van der Waals surface area contributed by atoms with Gasteiger partial charge in [0.15, 0.2) is 0 Å². The number of fused-ring (bicyclic) bond motifs is 9. The highest BCUT2D eigenvalue weighted by Gasteiger charge is 2.44. The number of aryl methyl sites for hydroxylation is 3. The second-order valence-electron chi connectivity index (χ2n) is 18.0. The third kappa shape index (κ3) is 5.02. The van der Waals surface area contributed by atoms with E-state index in [1.54, 1.807) is 14.4 Å². The van der Waals surface area contributed by atoms with Gasteiger partial charge in [-0.05, 0) is 98.3 Å². The molecule has 0 radical (unpaired) electrons. The zero-order chi connectivity index (χ0) is 41.5. The Morgan fingerprint density at radius 2 is 1.05 bits per heavy atom. The van der Waals surface area contributed by atoms with Crippen LogP contribution in [-0.2, 0) is 32.0 Å². The summed E-state index contributed by atoms with van der Waals surface area (Å²) in [6, 6.07) is 37.4. The van der Waals surface area contributed by atoms with E-state index in [0.717, 1.165) is 72.4 Å². The van der Waals surface area contributed by atoms with Gasteiger partial charge in [0, 0.05) is 43.6 Å². The van der Waals surface area contributed by atoms with Gasteiger partial charge in [0.1, 0.15) is 33.1 Å². The molecule has 9 aromatic rings. The molecule has 0 saturated carbocycles. The number of hydrogen-bond donors (Lipinski definition) is 0. The van der Waals surface area contributed by atoms with Crippen LogP contribution in [0.2, 0.25) is 0 Å². The van der Waals surface area contributed by atoms with Crippen molar-refractivity contribution in [3.8, 4) is 33.4 Å². The first kappa shape index (κ1) is 35.7. The van der Waals surface area contributed by atoms with Crippen LogP contribution in [0.15, 0.2) is 127 Å². The van der Waals surface area contributed by atoms with Crippen LogP contribution in [0.25, 0.3) is 66.5 Å². The van der Waals surface area contributed by atoms with Crippen LogP contribution in [0, 0.1) is 5.92 Å². The van der Waals surface area contributed by atoms with E-state index in [4.69, 9.17) is 30.6 Å². The lowest BCUT2D eigenvalue weighted by Gasteiger charge is -2.29. The molecular weight excluding hydrogens is 753 g/mol. The van der Waals surface area contributed by atoms with Crippen molar-refractivity contribution in [3.63, 3.8) is 0 Å². The Labute approximate surface area is 353 Å². The lowest BCUT2D eigenvalue weighted by atomic mass is 9.74. The van der Waals surface area contributed by atoms with Crippen LogP contribution >= 0.6 is 0 Å². The zero-order valence-electron chi connectivity index (χ0n) is 35.3. The predicted octanol–water partition coefficient (Wildman–Crippen LogP) is 10.8. The van der Waals surface area contributed by atoms with Gasteiger partial charge in [-0.15, -0.1) is 0 Å². The molecule has 0 fully saturated rings. The second-order valence-corrected chi connectivity index (χ2v) is 18.0. The summed E-state index contributed by atoms with van der Waals surface area (Å²) >= 11 is 0. The molecule has 10 heteroatoms. The maximum atomic E-state index is 5.09. The van der Waals surface area contributed by atoms with Crippen molar-refractivity contribution in [2.24, 2.45) is 27.1 Å². The number of benzene rings is 6. The number of anilines is 3. The van der Waals surface area contributed by atoms with Gasteiger partial charge in [-0.1, -0.05) is 113 Å². The van der Waals surface area contributed by atoms with Gasteiger partial charge < -0.3 is 4.90 Å². The minimum atomic E-state index is -0.0793. The molecule has 0 bridgehead atoms. The molecule has 3 heterocycles. The van der Waals surface area contributed by atoms with Gasteiger partial charge in [-0.3, -0.25) is 0 Å². The molecule has 12 rings (SSSR count). The monoisotopic (exact) mass is 796 g/mol. The standard InChI is InChI=1S/C51H44N10/c1-50(2)37-15-10-8-13-33(37)35-27-29(19-23-39(35)50)31-21-25-43(48-45(31)53-59(6)56-48)61(42-18-12-17-41-47(42)55-58(5)52-41)44-26-22-32(46-49(44)57-60(7)54-46)30-20-24-40-36(28-30)34-14-9-11-16-38(34)51(40,3)4/h8-28,33,37H,1-7H3. The van der Waals surface area contributed by atoms with Gasteiger partial charge in [-0.2, -0.15) is 45.0 Å². The van der Waals surface area contributed by atoms with Crippen molar-refractivity contribution in [1.82, 2.24) is 45.0 Å². The molecule has 0 spiro atoms. The molecule has 0 N–H and O–H groups in total. The maximum absolute atomic E-state index is 5.09. The van der Waals surface area contributed by atoms with Crippen LogP contribution in [-0.4, -0.2) is 45.0 Å². The van der Waals surface area contributed by atoms with Crippen molar-refractivity contribution in [1.29, 1.82) is 0 Å². The van der Waals surface area contributed by atoms with Gasteiger partial charge in [-0.25, -0.2) is 0 Å². The third-order valence-corrected chi connectivity index (χ3v) is 13.7. The van der Waals surface area contributed by atoms with Gasteiger partial charge >= 0.3 is 0 Å². The van der Waals surface area contributed by atoms with Crippen LogP contribution in [0.3, 0.4) is 0 Å². The minimum absolute atomic E-state index is 0.0392. The first-order chi connectivity index (χ1) is 29.5. The first-order valence-corrected chi connectivity index (χ1v) is 21.0. The summed E-state index contributed by atoms with van der Waals surface area (Å²) < 4.78 is 0. The van der Waals surface area contributed by atoms with E-state index in [0.29, 0.717) is 11.8 Å². The maximum Gasteiger partial charge on any atom is 0.137 e. The summed E-state index contributed by atoms with van der Waals surface area (Å²) in [6.07, 6.45) is 9.11. The number of aromatic nitrogens is 9. The molecule has 3 aliphatic carbocycles. The summed E-state index contributed by atoms with van der Waals surface area (Å²) in [7, 11) is 5.63.